The molecular weight excluding hydrogens is 495 g/mol. The molecule has 2 unspecified atom stereocenters. The van der Waals surface area contributed by atoms with Crippen molar-refractivity contribution in [3.05, 3.63) is 71.8 Å². The first-order chi connectivity index (χ1) is 17.8. The number of benzene rings is 2. The van der Waals surface area contributed by atoms with E-state index in [9.17, 15) is 8.78 Å². The number of hydrogen-bond acceptors (Lipinski definition) is 5. The molecule has 2 atom stereocenters. The smallest absolute Gasteiger partial charge is 0.387 e. The minimum Gasteiger partial charge on any atom is -0.434 e. The van der Waals surface area contributed by atoms with Crippen LogP contribution in [0.25, 0.3) is 22.2 Å². The molecule has 0 saturated carbocycles. The fourth-order valence-corrected chi connectivity index (χ4v) is 5.15. The molecule has 0 bridgehead atoms. The summed E-state index contributed by atoms with van der Waals surface area (Å²) in [6, 6.07) is 8.18. The van der Waals surface area contributed by atoms with E-state index in [2.05, 4.69) is 19.7 Å². The molecule has 2 aliphatic rings. The summed E-state index contributed by atoms with van der Waals surface area (Å²) in [4.78, 5) is 12.6. The van der Waals surface area contributed by atoms with E-state index < -0.39 is 30.3 Å². The molecule has 6 rings (SSSR count). The zero-order valence-corrected chi connectivity index (χ0v) is 19.4. The predicted molar refractivity (Wildman–Crippen MR) is 123 cm³/mol. The molecule has 1 fully saturated rings. The number of hydrogen-bond donors (Lipinski definition) is 0. The quantitative estimate of drug-likeness (QED) is 0.295. The highest BCUT2D eigenvalue weighted by Gasteiger charge is 2.38. The summed E-state index contributed by atoms with van der Waals surface area (Å²) in [5.74, 6) is -0.602. The van der Waals surface area contributed by atoms with Crippen molar-refractivity contribution in [2.24, 2.45) is 0 Å². The topological polar surface area (TPSA) is 62.1 Å². The van der Waals surface area contributed by atoms with Gasteiger partial charge in [-0.3, -0.25) is 0 Å². The van der Waals surface area contributed by atoms with Gasteiger partial charge < -0.3 is 14.0 Å². The van der Waals surface area contributed by atoms with E-state index >= 15 is 13.2 Å². The Morgan fingerprint density at radius 3 is 2.54 bits per heavy atom. The number of alkyl halides is 4. The summed E-state index contributed by atoms with van der Waals surface area (Å²) in [5.41, 5.74) is -0.270. The summed E-state index contributed by atoms with van der Waals surface area (Å²) >= 11 is 0. The van der Waals surface area contributed by atoms with Crippen LogP contribution < -0.4 is 4.74 Å². The number of aromatic nitrogens is 4. The van der Waals surface area contributed by atoms with Crippen LogP contribution >= 0.6 is 0 Å². The van der Waals surface area contributed by atoms with Crippen molar-refractivity contribution in [1.29, 1.82) is 0 Å². The molecule has 0 aliphatic carbocycles. The van der Waals surface area contributed by atoms with E-state index in [1.807, 2.05) is 0 Å². The maximum atomic E-state index is 15.2. The molecule has 2 aromatic carbocycles. The molecule has 0 spiro atoms. The van der Waals surface area contributed by atoms with Gasteiger partial charge in [0.15, 0.2) is 17.7 Å². The number of halogens is 5. The van der Waals surface area contributed by atoms with Crippen molar-refractivity contribution in [2.45, 2.75) is 43.8 Å². The Morgan fingerprint density at radius 1 is 1.08 bits per heavy atom. The minimum atomic E-state index is -3.05. The largest absolute Gasteiger partial charge is 0.434 e. The van der Waals surface area contributed by atoms with Gasteiger partial charge in [-0.15, -0.1) is 0 Å². The van der Waals surface area contributed by atoms with Gasteiger partial charge in [-0.2, -0.15) is 8.78 Å². The summed E-state index contributed by atoms with van der Waals surface area (Å²) in [7, 11) is 0. The molecule has 4 heterocycles. The van der Waals surface area contributed by atoms with Crippen LogP contribution in [-0.2, 0) is 10.4 Å². The van der Waals surface area contributed by atoms with Crippen molar-refractivity contribution < 1.29 is 31.4 Å². The highest BCUT2D eigenvalue weighted by molar-refractivity contribution is 5.83. The Kier molecular flexibility index (Phi) is 5.82. The Labute approximate surface area is 208 Å². The molecule has 192 valence electrons. The van der Waals surface area contributed by atoms with E-state index in [-0.39, 0.29) is 61.0 Å². The molecular formula is C26H21F5N4O2. The van der Waals surface area contributed by atoms with Crippen LogP contribution in [-0.4, -0.2) is 39.3 Å². The number of fused-ring (bicyclic) bond motifs is 3. The molecule has 1 saturated heterocycles. The number of imidazole rings is 1. The van der Waals surface area contributed by atoms with Gasteiger partial charge in [0.05, 0.1) is 30.3 Å². The first-order valence-electron chi connectivity index (χ1n) is 11.8. The first-order valence-corrected chi connectivity index (χ1v) is 11.8. The molecule has 2 aromatic heterocycles. The number of ether oxygens (including phenoxy) is 2. The SMILES string of the molecule is Fc1cc2nc3n(c2cc1-c1cnc(C2(F)CCOCC2)nc1)C(c1ccccc1OC(F)F)CC3F. The second-order valence-electron chi connectivity index (χ2n) is 9.17. The molecule has 0 radical (unpaired) electrons. The van der Waals surface area contributed by atoms with E-state index in [1.165, 1.54) is 30.6 Å². The lowest BCUT2D eigenvalue weighted by Gasteiger charge is -2.27. The van der Waals surface area contributed by atoms with Crippen LogP contribution in [0.1, 0.15) is 48.7 Å². The Bertz CT molecular complexity index is 1450. The van der Waals surface area contributed by atoms with Gasteiger partial charge in [0.1, 0.15) is 17.4 Å². The molecule has 6 nitrogen and oxygen atoms in total. The number of para-hydroxylation sites is 1. The number of nitrogens with zero attached hydrogens (tertiary/aromatic N) is 4. The Hall–Kier alpha value is -3.60. The lowest BCUT2D eigenvalue weighted by molar-refractivity contribution is -0.0507. The summed E-state index contributed by atoms with van der Waals surface area (Å²) in [5, 5.41) is 0. The van der Waals surface area contributed by atoms with Gasteiger partial charge in [-0.05, 0) is 12.1 Å². The zero-order valence-electron chi connectivity index (χ0n) is 19.4. The predicted octanol–water partition coefficient (Wildman–Crippen LogP) is 6.21. The van der Waals surface area contributed by atoms with Crippen molar-refractivity contribution in [1.82, 2.24) is 19.5 Å². The van der Waals surface area contributed by atoms with Crippen molar-refractivity contribution in [3.8, 4) is 16.9 Å². The maximum absolute atomic E-state index is 15.2. The van der Waals surface area contributed by atoms with Crippen LogP contribution in [0.2, 0.25) is 0 Å². The summed E-state index contributed by atoms with van der Waals surface area (Å²) < 4.78 is 82.9. The van der Waals surface area contributed by atoms with Crippen LogP contribution in [0, 0.1) is 5.82 Å². The first kappa shape index (κ1) is 23.8. The third kappa shape index (κ3) is 4.11. The van der Waals surface area contributed by atoms with Gasteiger partial charge in [0.25, 0.3) is 0 Å². The fourth-order valence-electron chi connectivity index (χ4n) is 5.15. The second-order valence-corrected chi connectivity index (χ2v) is 9.17. The van der Waals surface area contributed by atoms with E-state index in [0.717, 1.165) is 0 Å². The lowest BCUT2D eigenvalue weighted by Crippen LogP contribution is -2.31. The van der Waals surface area contributed by atoms with Crippen LogP contribution in [0.15, 0.2) is 48.8 Å². The standard InChI is InChI=1S/C26H21F5N4O2/c27-17-10-19-21(9-16(17)14-12-32-24(33-13-14)26(31)5-7-36-8-6-26)35-20(11-18(28)23(35)34-19)15-3-1-2-4-22(15)37-25(29)30/h1-4,9-10,12-13,18,20,25H,5-8,11H2. The highest BCUT2D eigenvalue weighted by Crippen LogP contribution is 2.46. The van der Waals surface area contributed by atoms with Gasteiger partial charge in [-0.1, -0.05) is 18.2 Å². The minimum absolute atomic E-state index is 0.0160. The molecule has 0 N–H and O–H groups in total. The second kappa shape index (κ2) is 9.05. The molecule has 11 heteroatoms. The third-order valence-corrected chi connectivity index (χ3v) is 6.97. The molecule has 2 aliphatic heterocycles. The molecule has 0 amide bonds. The van der Waals surface area contributed by atoms with Crippen LogP contribution in [0.4, 0.5) is 22.0 Å². The fraction of sp³-hybridized carbons (Fsp3) is 0.346. The average molecular weight is 516 g/mol. The van der Waals surface area contributed by atoms with Gasteiger partial charge in [0.2, 0.25) is 0 Å². The number of rotatable bonds is 5. The summed E-state index contributed by atoms with van der Waals surface area (Å²) in [6.45, 7) is -2.51. The van der Waals surface area contributed by atoms with E-state index in [0.29, 0.717) is 16.6 Å². The Morgan fingerprint density at radius 2 is 1.81 bits per heavy atom. The van der Waals surface area contributed by atoms with Gasteiger partial charge in [-0.25, -0.2) is 28.1 Å². The monoisotopic (exact) mass is 516 g/mol. The third-order valence-electron chi connectivity index (χ3n) is 6.97. The molecule has 37 heavy (non-hydrogen) atoms. The average Bonchev–Trinajstić information content (AvgIpc) is 3.41. The van der Waals surface area contributed by atoms with E-state index in [4.69, 9.17) is 4.74 Å². The summed E-state index contributed by atoms with van der Waals surface area (Å²) in [6.07, 6.45) is 1.46. The highest BCUT2D eigenvalue weighted by atomic mass is 19.3. The van der Waals surface area contributed by atoms with Crippen LogP contribution in [0.5, 0.6) is 5.75 Å². The van der Waals surface area contributed by atoms with Gasteiger partial charge in [0, 0.05) is 54.4 Å². The van der Waals surface area contributed by atoms with Crippen molar-refractivity contribution in [2.75, 3.05) is 13.2 Å². The van der Waals surface area contributed by atoms with Gasteiger partial charge >= 0.3 is 6.61 Å². The zero-order chi connectivity index (χ0) is 25.7. The Balaban J connectivity index is 1.42. The lowest BCUT2D eigenvalue weighted by atomic mass is 9.95. The van der Waals surface area contributed by atoms with Crippen molar-refractivity contribution in [3.63, 3.8) is 0 Å². The normalized spacial score (nSPS) is 20.9. The van der Waals surface area contributed by atoms with Crippen molar-refractivity contribution >= 4 is 11.0 Å². The van der Waals surface area contributed by atoms with E-state index in [1.54, 1.807) is 22.8 Å². The molecule has 4 aromatic rings. The van der Waals surface area contributed by atoms with Crippen LogP contribution in [0.3, 0.4) is 0 Å². The maximum Gasteiger partial charge on any atom is 0.387 e.